The van der Waals surface area contributed by atoms with Crippen molar-refractivity contribution in [2.75, 3.05) is 26.2 Å². The largest absolute Gasteiger partial charge is 0.374 e. The number of hydrogen-bond donors (Lipinski definition) is 1. The van der Waals surface area contributed by atoms with Crippen molar-refractivity contribution >= 4 is 0 Å². The maximum atomic E-state index is 5.83. The maximum absolute atomic E-state index is 5.83. The Morgan fingerprint density at radius 3 is 3.16 bits per heavy atom. The van der Waals surface area contributed by atoms with Crippen molar-refractivity contribution in [3.8, 4) is 0 Å². The molecule has 0 aromatic carbocycles. The van der Waals surface area contributed by atoms with Crippen molar-refractivity contribution in [3.05, 3.63) is 29.6 Å². The number of morpholine rings is 1. The van der Waals surface area contributed by atoms with Crippen LogP contribution in [-0.2, 0) is 11.3 Å². The van der Waals surface area contributed by atoms with Crippen LogP contribution in [-0.4, -0.2) is 48.3 Å². The summed E-state index contributed by atoms with van der Waals surface area (Å²) in [5.41, 5.74) is 2.39. The van der Waals surface area contributed by atoms with Crippen LogP contribution in [0.2, 0.25) is 0 Å². The molecule has 2 fully saturated rings. The highest BCUT2D eigenvalue weighted by atomic mass is 16.5. The number of rotatable bonds is 5. The molecule has 0 unspecified atom stereocenters. The molecule has 4 heteroatoms. The van der Waals surface area contributed by atoms with Gasteiger partial charge in [-0.05, 0) is 31.4 Å². The Morgan fingerprint density at radius 1 is 1.47 bits per heavy atom. The van der Waals surface area contributed by atoms with Crippen LogP contribution in [0.4, 0.5) is 0 Å². The number of ether oxygens (including phenoxy) is 1. The topological polar surface area (TPSA) is 37.4 Å². The number of aryl methyl sites for hydroxylation is 1. The number of nitrogens with one attached hydrogen (secondary N) is 1. The van der Waals surface area contributed by atoms with Gasteiger partial charge in [-0.25, -0.2) is 0 Å². The van der Waals surface area contributed by atoms with E-state index in [-0.39, 0.29) is 0 Å². The minimum Gasteiger partial charge on any atom is -0.374 e. The third kappa shape index (κ3) is 3.53. The monoisotopic (exact) mass is 261 g/mol. The molecule has 4 nitrogen and oxygen atoms in total. The molecule has 2 aliphatic rings. The Bertz CT molecular complexity index is 420. The summed E-state index contributed by atoms with van der Waals surface area (Å²) in [4.78, 5) is 6.90. The third-order valence-electron chi connectivity index (χ3n) is 4.04. The lowest BCUT2D eigenvalue weighted by atomic mass is 10.2. The summed E-state index contributed by atoms with van der Waals surface area (Å²) in [5, 5.41) is 3.50. The van der Waals surface area contributed by atoms with Gasteiger partial charge in [-0.2, -0.15) is 0 Å². The molecule has 0 amide bonds. The fourth-order valence-corrected chi connectivity index (χ4v) is 2.71. The van der Waals surface area contributed by atoms with Crippen molar-refractivity contribution in [1.82, 2.24) is 15.2 Å². The molecule has 1 N–H and O–H groups in total. The van der Waals surface area contributed by atoms with E-state index in [1.54, 1.807) is 0 Å². The molecule has 0 radical (unpaired) electrons. The van der Waals surface area contributed by atoms with Gasteiger partial charge in [0, 0.05) is 44.1 Å². The highest BCUT2D eigenvalue weighted by molar-refractivity contribution is 5.17. The molecule has 1 aliphatic heterocycles. The fourth-order valence-electron chi connectivity index (χ4n) is 2.71. The lowest BCUT2D eigenvalue weighted by molar-refractivity contribution is -0.0301. The first kappa shape index (κ1) is 13.0. The van der Waals surface area contributed by atoms with Crippen LogP contribution in [0.5, 0.6) is 0 Å². The zero-order valence-corrected chi connectivity index (χ0v) is 11.6. The van der Waals surface area contributed by atoms with E-state index in [1.807, 2.05) is 12.3 Å². The Kier molecular flexibility index (Phi) is 4.11. The first-order chi connectivity index (χ1) is 9.33. The number of hydrogen-bond acceptors (Lipinski definition) is 4. The Labute approximate surface area is 115 Å². The van der Waals surface area contributed by atoms with Gasteiger partial charge >= 0.3 is 0 Å². The van der Waals surface area contributed by atoms with Gasteiger partial charge in [-0.3, -0.25) is 9.88 Å². The first-order valence-corrected chi connectivity index (χ1v) is 7.30. The van der Waals surface area contributed by atoms with E-state index < -0.39 is 0 Å². The molecule has 2 heterocycles. The summed E-state index contributed by atoms with van der Waals surface area (Å²) in [6, 6.07) is 4.98. The van der Waals surface area contributed by atoms with Crippen molar-refractivity contribution in [3.63, 3.8) is 0 Å². The molecular formula is C15H23N3O. The lowest BCUT2D eigenvalue weighted by Crippen LogP contribution is -2.47. The molecule has 19 heavy (non-hydrogen) atoms. The van der Waals surface area contributed by atoms with E-state index in [0.717, 1.165) is 44.5 Å². The van der Waals surface area contributed by atoms with Crippen LogP contribution in [0.1, 0.15) is 24.1 Å². The van der Waals surface area contributed by atoms with Crippen molar-refractivity contribution in [2.24, 2.45) is 0 Å². The second kappa shape index (κ2) is 5.99. The van der Waals surface area contributed by atoms with Crippen LogP contribution in [0.25, 0.3) is 0 Å². The minimum atomic E-state index is 0.339. The van der Waals surface area contributed by atoms with E-state index in [9.17, 15) is 0 Å². The van der Waals surface area contributed by atoms with Crippen molar-refractivity contribution in [1.29, 1.82) is 0 Å². The second-order valence-electron chi connectivity index (χ2n) is 5.60. The smallest absolute Gasteiger partial charge is 0.0826 e. The molecule has 1 aliphatic carbocycles. The van der Waals surface area contributed by atoms with Crippen LogP contribution < -0.4 is 5.32 Å². The maximum Gasteiger partial charge on any atom is 0.0826 e. The van der Waals surface area contributed by atoms with Gasteiger partial charge in [0.15, 0.2) is 0 Å². The third-order valence-corrected chi connectivity index (χ3v) is 4.04. The molecule has 0 spiro atoms. The summed E-state index contributed by atoms with van der Waals surface area (Å²) in [7, 11) is 0. The van der Waals surface area contributed by atoms with Crippen LogP contribution >= 0.6 is 0 Å². The van der Waals surface area contributed by atoms with Gasteiger partial charge < -0.3 is 10.1 Å². The van der Waals surface area contributed by atoms with Crippen molar-refractivity contribution < 1.29 is 4.74 Å². The lowest BCUT2D eigenvalue weighted by Gasteiger charge is -2.33. The molecule has 0 bridgehead atoms. The van der Waals surface area contributed by atoms with E-state index in [1.165, 1.54) is 18.4 Å². The number of aromatic nitrogens is 1. The fraction of sp³-hybridized carbons (Fsp3) is 0.667. The average molecular weight is 261 g/mol. The SMILES string of the molecule is Cc1ncccc1CNC[C@H]1CN(C2CC2)CCO1. The van der Waals surface area contributed by atoms with E-state index in [2.05, 4.69) is 28.2 Å². The zero-order valence-electron chi connectivity index (χ0n) is 11.6. The molecule has 1 atom stereocenters. The van der Waals surface area contributed by atoms with Gasteiger partial charge in [0.25, 0.3) is 0 Å². The Hall–Kier alpha value is -0.970. The van der Waals surface area contributed by atoms with E-state index in [0.29, 0.717) is 6.10 Å². The van der Waals surface area contributed by atoms with E-state index in [4.69, 9.17) is 4.74 Å². The van der Waals surface area contributed by atoms with Gasteiger partial charge in [0.1, 0.15) is 0 Å². The van der Waals surface area contributed by atoms with Crippen molar-refractivity contribution in [2.45, 2.75) is 38.5 Å². The zero-order chi connectivity index (χ0) is 13.1. The Balaban J connectivity index is 1.43. The van der Waals surface area contributed by atoms with Gasteiger partial charge in [0.2, 0.25) is 0 Å². The summed E-state index contributed by atoms with van der Waals surface area (Å²) in [5.74, 6) is 0. The summed E-state index contributed by atoms with van der Waals surface area (Å²) < 4.78 is 5.83. The predicted molar refractivity (Wildman–Crippen MR) is 75.0 cm³/mol. The average Bonchev–Trinajstić information content (AvgIpc) is 3.26. The molecule has 104 valence electrons. The summed E-state index contributed by atoms with van der Waals surface area (Å²) in [6.45, 7) is 6.95. The molecular weight excluding hydrogens is 238 g/mol. The van der Waals surface area contributed by atoms with Gasteiger partial charge in [-0.15, -0.1) is 0 Å². The summed E-state index contributed by atoms with van der Waals surface area (Å²) >= 11 is 0. The first-order valence-electron chi connectivity index (χ1n) is 7.30. The minimum absolute atomic E-state index is 0.339. The standard InChI is InChI=1S/C15H23N3O/c1-12-13(3-2-6-17-12)9-16-10-15-11-18(7-8-19-15)14-4-5-14/h2-3,6,14-16H,4-5,7-11H2,1H3/t15-/m0/s1. The second-order valence-corrected chi connectivity index (χ2v) is 5.60. The van der Waals surface area contributed by atoms with E-state index >= 15 is 0 Å². The summed E-state index contributed by atoms with van der Waals surface area (Å²) in [6.07, 6.45) is 4.95. The predicted octanol–water partition coefficient (Wildman–Crippen LogP) is 1.34. The van der Waals surface area contributed by atoms with Crippen LogP contribution in [0.3, 0.4) is 0 Å². The molecule has 1 saturated carbocycles. The van der Waals surface area contributed by atoms with Crippen LogP contribution in [0.15, 0.2) is 18.3 Å². The van der Waals surface area contributed by atoms with Gasteiger partial charge in [-0.1, -0.05) is 6.07 Å². The van der Waals surface area contributed by atoms with Gasteiger partial charge in [0.05, 0.1) is 12.7 Å². The van der Waals surface area contributed by atoms with Crippen LogP contribution in [0, 0.1) is 6.92 Å². The number of nitrogens with zero attached hydrogens (tertiary/aromatic N) is 2. The number of pyridine rings is 1. The molecule has 1 aromatic rings. The normalized spacial score (nSPS) is 24.6. The molecule has 3 rings (SSSR count). The molecule has 1 aromatic heterocycles. The highest BCUT2D eigenvalue weighted by Crippen LogP contribution is 2.28. The Morgan fingerprint density at radius 2 is 2.37 bits per heavy atom. The molecule has 1 saturated heterocycles. The quantitative estimate of drug-likeness (QED) is 0.868. The highest BCUT2D eigenvalue weighted by Gasteiger charge is 2.32.